The van der Waals surface area contributed by atoms with E-state index < -0.39 is 10.0 Å². The van der Waals surface area contributed by atoms with E-state index in [0.29, 0.717) is 23.4 Å². The molecule has 3 heterocycles. The molecule has 120 valence electrons. The Bertz CT molecular complexity index is 645. The summed E-state index contributed by atoms with van der Waals surface area (Å²) in [5.41, 5.74) is 0. The van der Waals surface area contributed by atoms with Crippen molar-refractivity contribution in [1.29, 1.82) is 0 Å². The third-order valence-electron chi connectivity index (χ3n) is 4.86. The topological polar surface area (TPSA) is 49.4 Å². The number of rotatable bonds is 5. The van der Waals surface area contributed by atoms with Crippen molar-refractivity contribution < 1.29 is 8.42 Å². The van der Waals surface area contributed by atoms with Crippen LogP contribution in [-0.4, -0.2) is 39.0 Å². The Morgan fingerprint density at radius 3 is 2.68 bits per heavy atom. The molecule has 4 atom stereocenters. The molecule has 0 radical (unpaired) electrons. The molecule has 3 saturated heterocycles. The highest BCUT2D eigenvalue weighted by atomic mass is 35.5. The van der Waals surface area contributed by atoms with Gasteiger partial charge in [-0.2, -0.15) is 0 Å². The largest absolute Gasteiger partial charge is 0.298 e. The molecule has 0 spiro atoms. The van der Waals surface area contributed by atoms with Gasteiger partial charge < -0.3 is 0 Å². The molecule has 3 aliphatic rings. The number of nitrogens with zero attached hydrogens (tertiary/aromatic N) is 1. The number of nitrogens with one attached hydrogen (secondary N) is 1. The number of halogens is 1. The first kappa shape index (κ1) is 16.0. The van der Waals surface area contributed by atoms with Gasteiger partial charge in [-0.3, -0.25) is 4.90 Å². The van der Waals surface area contributed by atoms with E-state index in [1.54, 1.807) is 12.1 Å². The minimum absolute atomic E-state index is 0.261. The Morgan fingerprint density at radius 2 is 2.09 bits per heavy atom. The summed E-state index contributed by atoms with van der Waals surface area (Å²) in [4.78, 5) is 2.65. The minimum atomic E-state index is -3.47. The second-order valence-corrected chi connectivity index (χ2v) is 8.34. The first-order valence-corrected chi connectivity index (χ1v) is 9.47. The zero-order chi connectivity index (χ0) is 15.7. The van der Waals surface area contributed by atoms with Crippen molar-refractivity contribution in [3.8, 4) is 0 Å². The number of sulfonamides is 1. The van der Waals surface area contributed by atoms with Crippen molar-refractivity contribution in [3.63, 3.8) is 0 Å². The molecule has 2 bridgehead atoms. The Kier molecular flexibility index (Phi) is 4.59. The molecule has 1 aromatic carbocycles. The Labute approximate surface area is 137 Å². The van der Waals surface area contributed by atoms with Crippen LogP contribution in [0.2, 0.25) is 5.02 Å². The molecule has 6 heteroatoms. The summed E-state index contributed by atoms with van der Waals surface area (Å²) in [6.07, 6.45) is 4.28. The summed E-state index contributed by atoms with van der Waals surface area (Å²) >= 11 is 5.80. The van der Waals surface area contributed by atoms with Crippen LogP contribution in [0.15, 0.2) is 41.8 Å². The fraction of sp³-hybridized carbons (Fsp3) is 0.500. The van der Waals surface area contributed by atoms with Gasteiger partial charge >= 0.3 is 0 Å². The van der Waals surface area contributed by atoms with Gasteiger partial charge in [-0.05, 0) is 55.5 Å². The molecule has 0 aliphatic carbocycles. The summed E-state index contributed by atoms with van der Waals surface area (Å²) in [6, 6.07) is 6.54. The lowest BCUT2D eigenvalue weighted by atomic mass is 9.76. The molecule has 0 amide bonds. The highest BCUT2D eigenvalue weighted by Crippen LogP contribution is 2.36. The van der Waals surface area contributed by atoms with Crippen LogP contribution >= 0.6 is 11.6 Å². The van der Waals surface area contributed by atoms with Crippen LogP contribution in [0.4, 0.5) is 0 Å². The number of benzene rings is 1. The van der Waals surface area contributed by atoms with Crippen LogP contribution in [-0.2, 0) is 10.0 Å². The average molecular weight is 341 g/mol. The zero-order valence-corrected chi connectivity index (χ0v) is 14.0. The fourth-order valence-electron chi connectivity index (χ4n) is 3.56. The van der Waals surface area contributed by atoms with Crippen LogP contribution in [0.25, 0.3) is 0 Å². The lowest BCUT2D eigenvalue weighted by molar-refractivity contribution is 0.0218. The SMILES string of the molecule is C=C[C@@H]1CN2CC[C@H]1C[C@@H]2CNS(=O)(=O)c1ccc(Cl)cc1. The third kappa shape index (κ3) is 3.23. The maximum absolute atomic E-state index is 12.3. The van der Waals surface area contributed by atoms with E-state index in [0.717, 1.165) is 19.5 Å². The Hall–Kier alpha value is -0.880. The second-order valence-electron chi connectivity index (χ2n) is 6.14. The number of hydrogen-bond donors (Lipinski definition) is 1. The van der Waals surface area contributed by atoms with Gasteiger partial charge in [-0.25, -0.2) is 13.1 Å². The molecule has 0 aromatic heterocycles. The van der Waals surface area contributed by atoms with Gasteiger partial charge in [0.1, 0.15) is 0 Å². The lowest BCUT2D eigenvalue weighted by Gasteiger charge is -2.49. The van der Waals surface area contributed by atoms with E-state index in [1.165, 1.54) is 18.6 Å². The van der Waals surface area contributed by atoms with Gasteiger partial charge in [0, 0.05) is 24.2 Å². The molecule has 1 unspecified atom stereocenters. The standard InChI is InChI=1S/C16H21ClN2O2S/c1-2-12-11-19-8-7-13(12)9-15(19)10-18-22(20,21)16-5-3-14(17)4-6-16/h2-6,12-13,15,18H,1,7-11H2/t12-,13+,15-/m1/s1. The molecular formula is C16H21ClN2O2S. The molecule has 22 heavy (non-hydrogen) atoms. The second kappa shape index (κ2) is 6.32. The van der Waals surface area contributed by atoms with Crippen LogP contribution < -0.4 is 4.72 Å². The molecule has 1 N–H and O–H groups in total. The average Bonchev–Trinajstić information content (AvgIpc) is 2.54. The number of fused-ring (bicyclic) bond motifs is 3. The van der Waals surface area contributed by atoms with Crippen molar-refractivity contribution in [2.24, 2.45) is 11.8 Å². The quantitative estimate of drug-likeness (QED) is 0.838. The Balaban J connectivity index is 1.63. The Morgan fingerprint density at radius 1 is 1.36 bits per heavy atom. The highest BCUT2D eigenvalue weighted by Gasteiger charge is 2.38. The van der Waals surface area contributed by atoms with Crippen molar-refractivity contribution in [3.05, 3.63) is 41.9 Å². The fourth-order valence-corrected chi connectivity index (χ4v) is 4.76. The molecular weight excluding hydrogens is 320 g/mol. The smallest absolute Gasteiger partial charge is 0.240 e. The predicted molar refractivity (Wildman–Crippen MR) is 88.4 cm³/mol. The van der Waals surface area contributed by atoms with Gasteiger partial charge in [0.2, 0.25) is 10.0 Å². The summed E-state index contributed by atoms with van der Waals surface area (Å²) in [6.45, 7) is 6.43. The van der Waals surface area contributed by atoms with Crippen LogP contribution in [0.5, 0.6) is 0 Å². The van der Waals surface area contributed by atoms with Crippen molar-refractivity contribution in [2.75, 3.05) is 19.6 Å². The van der Waals surface area contributed by atoms with E-state index in [-0.39, 0.29) is 10.9 Å². The molecule has 4 rings (SSSR count). The summed E-state index contributed by atoms with van der Waals surface area (Å²) < 4.78 is 27.4. The van der Waals surface area contributed by atoms with Gasteiger partial charge in [0.25, 0.3) is 0 Å². The van der Waals surface area contributed by atoms with E-state index in [2.05, 4.69) is 16.2 Å². The highest BCUT2D eigenvalue weighted by molar-refractivity contribution is 7.89. The summed E-state index contributed by atoms with van der Waals surface area (Å²) in [5.74, 6) is 1.20. The maximum atomic E-state index is 12.3. The molecule has 0 saturated carbocycles. The minimum Gasteiger partial charge on any atom is -0.298 e. The van der Waals surface area contributed by atoms with Crippen molar-refractivity contribution in [2.45, 2.75) is 23.8 Å². The number of hydrogen-bond acceptors (Lipinski definition) is 3. The molecule has 3 fully saturated rings. The lowest BCUT2D eigenvalue weighted by Crippen LogP contribution is -2.56. The maximum Gasteiger partial charge on any atom is 0.240 e. The van der Waals surface area contributed by atoms with Crippen LogP contribution in [0, 0.1) is 11.8 Å². The van der Waals surface area contributed by atoms with Gasteiger partial charge in [0.15, 0.2) is 0 Å². The first-order chi connectivity index (χ1) is 10.5. The summed E-state index contributed by atoms with van der Waals surface area (Å²) in [7, 11) is -3.47. The van der Waals surface area contributed by atoms with Gasteiger partial charge in [-0.1, -0.05) is 17.7 Å². The third-order valence-corrected chi connectivity index (χ3v) is 6.56. The van der Waals surface area contributed by atoms with Crippen LogP contribution in [0.3, 0.4) is 0 Å². The van der Waals surface area contributed by atoms with Crippen molar-refractivity contribution in [1.82, 2.24) is 9.62 Å². The van der Waals surface area contributed by atoms with E-state index in [1.807, 2.05) is 6.08 Å². The van der Waals surface area contributed by atoms with E-state index in [4.69, 9.17) is 11.6 Å². The summed E-state index contributed by atoms with van der Waals surface area (Å²) in [5, 5.41) is 0.533. The predicted octanol–water partition coefficient (Wildman–Crippen LogP) is 2.51. The van der Waals surface area contributed by atoms with Gasteiger partial charge in [-0.15, -0.1) is 6.58 Å². The normalized spacial score (nSPS) is 31.1. The van der Waals surface area contributed by atoms with Gasteiger partial charge in [0.05, 0.1) is 4.90 Å². The van der Waals surface area contributed by atoms with Crippen LogP contribution in [0.1, 0.15) is 12.8 Å². The first-order valence-electron chi connectivity index (χ1n) is 7.61. The van der Waals surface area contributed by atoms with Crippen molar-refractivity contribution >= 4 is 21.6 Å². The van der Waals surface area contributed by atoms with E-state index >= 15 is 0 Å². The monoisotopic (exact) mass is 340 g/mol. The number of piperidine rings is 3. The zero-order valence-electron chi connectivity index (χ0n) is 12.4. The molecule has 3 aliphatic heterocycles. The van der Waals surface area contributed by atoms with E-state index in [9.17, 15) is 8.42 Å². The molecule has 4 nitrogen and oxygen atoms in total. The molecule has 1 aromatic rings.